The molecule has 0 saturated carbocycles. The molecule has 1 saturated heterocycles. The number of rotatable bonds is 3. The summed E-state index contributed by atoms with van der Waals surface area (Å²) < 4.78 is 5.06. The molecule has 98 valence electrons. The molecule has 6 heteroatoms. The maximum absolute atomic E-state index is 12.0. The number of carbonyl (C=O) groups is 1. The number of ether oxygens (including phenoxy) is 1. The summed E-state index contributed by atoms with van der Waals surface area (Å²) in [6.45, 7) is 0.867. The van der Waals surface area contributed by atoms with E-state index in [0.717, 1.165) is 18.1 Å². The zero-order valence-electron chi connectivity index (χ0n) is 10.0. The quantitative estimate of drug-likeness (QED) is 0.892. The second-order valence-electron chi connectivity index (χ2n) is 3.92. The van der Waals surface area contributed by atoms with Crippen LogP contribution in [0.2, 0.25) is 5.02 Å². The third-order valence-corrected chi connectivity index (χ3v) is 4.01. The first-order valence-corrected chi connectivity index (χ1v) is 7.19. The normalized spacial score (nSPS) is 19.3. The van der Waals surface area contributed by atoms with Gasteiger partial charge in [0.25, 0.3) is 0 Å². The van der Waals surface area contributed by atoms with Crippen molar-refractivity contribution in [3.8, 4) is 5.75 Å². The van der Waals surface area contributed by atoms with Gasteiger partial charge in [0.15, 0.2) is 0 Å². The SMILES string of the molecule is COc1ccc(NC(=O)C2CSCCN2)cc1Cl. The van der Waals surface area contributed by atoms with E-state index in [4.69, 9.17) is 16.3 Å². The van der Waals surface area contributed by atoms with Gasteiger partial charge < -0.3 is 15.4 Å². The molecule has 0 bridgehead atoms. The van der Waals surface area contributed by atoms with E-state index in [-0.39, 0.29) is 11.9 Å². The fourth-order valence-corrected chi connectivity index (χ4v) is 2.90. The molecule has 1 aliphatic heterocycles. The van der Waals surface area contributed by atoms with Gasteiger partial charge >= 0.3 is 0 Å². The predicted molar refractivity (Wildman–Crippen MR) is 75.7 cm³/mol. The summed E-state index contributed by atoms with van der Waals surface area (Å²) in [5, 5.41) is 6.52. The van der Waals surface area contributed by atoms with Crippen LogP contribution in [0.1, 0.15) is 0 Å². The third kappa shape index (κ3) is 3.31. The lowest BCUT2D eigenvalue weighted by molar-refractivity contribution is -0.117. The largest absolute Gasteiger partial charge is 0.495 e. The maximum Gasteiger partial charge on any atom is 0.242 e. The van der Waals surface area contributed by atoms with Gasteiger partial charge in [-0.05, 0) is 18.2 Å². The van der Waals surface area contributed by atoms with Crippen molar-refractivity contribution in [1.29, 1.82) is 0 Å². The fraction of sp³-hybridized carbons (Fsp3) is 0.417. The van der Waals surface area contributed by atoms with Gasteiger partial charge in [-0.3, -0.25) is 4.79 Å². The van der Waals surface area contributed by atoms with Crippen LogP contribution < -0.4 is 15.4 Å². The highest BCUT2D eigenvalue weighted by Crippen LogP contribution is 2.27. The van der Waals surface area contributed by atoms with E-state index in [1.807, 2.05) is 0 Å². The van der Waals surface area contributed by atoms with Gasteiger partial charge in [0.1, 0.15) is 5.75 Å². The monoisotopic (exact) mass is 286 g/mol. The topological polar surface area (TPSA) is 50.4 Å². The highest BCUT2D eigenvalue weighted by Gasteiger charge is 2.20. The number of hydrogen-bond acceptors (Lipinski definition) is 4. The van der Waals surface area contributed by atoms with Gasteiger partial charge in [0.05, 0.1) is 18.2 Å². The summed E-state index contributed by atoms with van der Waals surface area (Å²) >= 11 is 7.78. The number of thioether (sulfide) groups is 1. The zero-order valence-corrected chi connectivity index (χ0v) is 11.6. The molecule has 4 nitrogen and oxygen atoms in total. The van der Waals surface area contributed by atoms with Crippen LogP contribution in [0, 0.1) is 0 Å². The van der Waals surface area contributed by atoms with Gasteiger partial charge in [-0.1, -0.05) is 11.6 Å². The van der Waals surface area contributed by atoms with Crippen molar-refractivity contribution in [2.24, 2.45) is 0 Å². The number of anilines is 1. The minimum Gasteiger partial charge on any atom is -0.495 e. The van der Waals surface area contributed by atoms with Crippen molar-refractivity contribution in [2.75, 3.05) is 30.5 Å². The molecule has 2 N–H and O–H groups in total. The third-order valence-electron chi connectivity index (χ3n) is 2.66. The molecular weight excluding hydrogens is 272 g/mol. The van der Waals surface area contributed by atoms with Crippen molar-refractivity contribution in [3.63, 3.8) is 0 Å². The lowest BCUT2D eigenvalue weighted by Crippen LogP contribution is -2.46. The van der Waals surface area contributed by atoms with Gasteiger partial charge in [-0.15, -0.1) is 0 Å². The molecule has 1 atom stereocenters. The van der Waals surface area contributed by atoms with Crippen LogP contribution in [0.15, 0.2) is 18.2 Å². The van der Waals surface area contributed by atoms with E-state index in [1.54, 1.807) is 37.1 Å². The molecule has 1 heterocycles. The Morgan fingerprint density at radius 3 is 3.06 bits per heavy atom. The van der Waals surface area contributed by atoms with E-state index in [9.17, 15) is 4.79 Å². The van der Waals surface area contributed by atoms with Crippen molar-refractivity contribution in [1.82, 2.24) is 5.32 Å². The Kier molecular flexibility index (Phi) is 4.74. The number of hydrogen-bond donors (Lipinski definition) is 2. The maximum atomic E-state index is 12.0. The van der Waals surface area contributed by atoms with E-state index in [1.165, 1.54) is 0 Å². The predicted octanol–water partition coefficient (Wildman–Crippen LogP) is 1.99. The number of nitrogens with one attached hydrogen (secondary N) is 2. The Bertz CT molecular complexity index is 436. The molecule has 1 amide bonds. The van der Waals surface area contributed by atoms with E-state index in [2.05, 4.69) is 10.6 Å². The van der Waals surface area contributed by atoms with Gasteiger partial charge in [-0.25, -0.2) is 0 Å². The van der Waals surface area contributed by atoms with Crippen LogP contribution >= 0.6 is 23.4 Å². The first kappa shape index (κ1) is 13.5. The first-order chi connectivity index (χ1) is 8.70. The fourth-order valence-electron chi connectivity index (χ4n) is 1.71. The Hall–Kier alpha value is -0.910. The van der Waals surface area contributed by atoms with Crippen LogP contribution in [-0.4, -0.2) is 37.1 Å². The summed E-state index contributed by atoms with van der Waals surface area (Å²) in [7, 11) is 1.56. The molecule has 2 rings (SSSR count). The summed E-state index contributed by atoms with van der Waals surface area (Å²) in [6.07, 6.45) is 0. The van der Waals surface area contributed by atoms with E-state index < -0.39 is 0 Å². The molecule has 0 radical (unpaired) electrons. The van der Waals surface area contributed by atoms with Gasteiger partial charge in [0, 0.05) is 23.7 Å². The minimum absolute atomic E-state index is 0.0246. The molecule has 0 aromatic heterocycles. The standard InChI is InChI=1S/C12H15ClN2O2S/c1-17-11-3-2-8(6-9(11)13)15-12(16)10-7-18-5-4-14-10/h2-3,6,10,14H,4-5,7H2,1H3,(H,15,16). The van der Waals surface area contributed by atoms with Gasteiger partial charge in [0.2, 0.25) is 5.91 Å². The molecule has 0 spiro atoms. The molecule has 1 aliphatic rings. The van der Waals surface area contributed by atoms with Crippen LogP contribution in [0.25, 0.3) is 0 Å². The summed E-state index contributed by atoms with van der Waals surface area (Å²) in [4.78, 5) is 12.0. The molecule has 1 aromatic carbocycles. The van der Waals surface area contributed by atoms with E-state index in [0.29, 0.717) is 16.5 Å². The summed E-state index contributed by atoms with van der Waals surface area (Å²) in [5.74, 6) is 2.43. The lowest BCUT2D eigenvalue weighted by atomic mass is 10.2. The molecule has 1 aromatic rings. The molecule has 0 aliphatic carbocycles. The molecule has 1 fully saturated rings. The highest BCUT2D eigenvalue weighted by molar-refractivity contribution is 7.99. The van der Waals surface area contributed by atoms with Crippen molar-refractivity contribution in [2.45, 2.75) is 6.04 Å². The number of halogens is 1. The number of benzene rings is 1. The van der Waals surface area contributed by atoms with Crippen molar-refractivity contribution < 1.29 is 9.53 Å². The number of methoxy groups -OCH3 is 1. The zero-order chi connectivity index (χ0) is 13.0. The molecular formula is C12H15ClN2O2S. The van der Waals surface area contributed by atoms with Crippen molar-refractivity contribution in [3.05, 3.63) is 23.2 Å². The Morgan fingerprint density at radius 1 is 1.61 bits per heavy atom. The molecule has 18 heavy (non-hydrogen) atoms. The van der Waals surface area contributed by atoms with Crippen LogP contribution in [0.5, 0.6) is 5.75 Å². The Balaban J connectivity index is 2.00. The van der Waals surface area contributed by atoms with E-state index >= 15 is 0 Å². The second kappa shape index (κ2) is 6.31. The smallest absolute Gasteiger partial charge is 0.242 e. The van der Waals surface area contributed by atoms with Crippen molar-refractivity contribution >= 4 is 35.0 Å². The molecule has 1 unspecified atom stereocenters. The van der Waals surface area contributed by atoms with Gasteiger partial charge in [-0.2, -0.15) is 11.8 Å². The van der Waals surface area contributed by atoms with Crippen LogP contribution in [-0.2, 0) is 4.79 Å². The Labute approximate surface area is 115 Å². The number of amides is 1. The average Bonchev–Trinajstić information content (AvgIpc) is 2.40. The average molecular weight is 287 g/mol. The van der Waals surface area contributed by atoms with Crippen LogP contribution in [0.3, 0.4) is 0 Å². The second-order valence-corrected chi connectivity index (χ2v) is 5.48. The highest BCUT2D eigenvalue weighted by atomic mass is 35.5. The minimum atomic E-state index is -0.135. The number of carbonyl (C=O) groups excluding carboxylic acids is 1. The summed E-state index contributed by atoms with van der Waals surface area (Å²) in [6, 6.07) is 5.07. The van der Waals surface area contributed by atoms with Crippen LogP contribution in [0.4, 0.5) is 5.69 Å². The summed E-state index contributed by atoms with van der Waals surface area (Å²) in [5.41, 5.74) is 0.683. The lowest BCUT2D eigenvalue weighted by Gasteiger charge is -2.22. The Morgan fingerprint density at radius 2 is 2.44 bits per heavy atom. The first-order valence-electron chi connectivity index (χ1n) is 5.66.